The lowest BCUT2D eigenvalue weighted by atomic mass is 10.1. The van der Waals surface area contributed by atoms with E-state index in [4.69, 9.17) is 0 Å². The van der Waals surface area contributed by atoms with Gasteiger partial charge in [0, 0.05) is 32.2 Å². The van der Waals surface area contributed by atoms with E-state index in [9.17, 15) is 13.2 Å². The lowest BCUT2D eigenvalue weighted by Gasteiger charge is -2.33. The highest BCUT2D eigenvalue weighted by atomic mass is 35.5. The zero-order valence-electron chi connectivity index (χ0n) is 9.83. The Morgan fingerprint density at radius 3 is 2.17 bits per heavy atom. The van der Waals surface area contributed by atoms with Crippen molar-refractivity contribution in [2.75, 3.05) is 32.9 Å². The third-order valence-corrected chi connectivity index (χ3v) is 3.01. The molecule has 6 heteroatoms. The minimum Gasteiger partial charge on any atom is -0.314 e. The third-order valence-electron chi connectivity index (χ3n) is 3.01. The van der Waals surface area contributed by atoms with Crippen molar-refractivity contribution in [2.24, 2.45) is 0 Å². The van der Waals surface area contributed by atoms with Crippen LogP contribution in [0.2, 0.25) is 0 Å². The van der Waals surface area contributed by atoms with E-state index in [1.54, 1.807) is 0 Å². The summed E-state index contributed by atoms with van der Waals surface area (Å²) < 4.78 is 39.3. The van der Waals surface area contributed by atoms with Gasteiger partial charge in [-0.05, 0) is 17.7 Å². The molecule has 102 valence electrons. The molecule has 0 aromatic heterocycles. The molecule has 0 radical (unpaired) electrons. The van der Waals surface area contributed by atoms with Crippen LogP contribution in [0.1, 0.15) is 11.6 Å². The van der Waals surface area contributed by atoms with Crippen molar-refractivity contribution in [3.05, 3.63) is 35.4 Å². The molecule has 0 aliphatic carbocycles. The number of benzene rings is 1. The van der Waals surface area contributed by atoms with Gasteiger partial charge in [-0.15, -0.1) is 12.4 Å². The van der Waals surface area contributed by atoms with Crippen LogP contribution in [0, 0.1) is 11.6 Å². The van der Waals surface area contributed by atoms with Crippen LogP contribution in [0.3, 0.4) is 0 Å². The van der Waals surface area contributed by atoms with Crippen LogP contribution in [0.15, 0.2) is 18.2 Å². The van der Waals surface area contributed by atoms with Crippen molar-refractivity contribution in [2.45, 2.75) is 6.04 Å². The number of hydrogen-bond acceptors (Lipinski definition) is 2. The Balaban J connectivity index is 0.00000162. The molecular weight excluding hydrogens is 265 g/mol. The van der Waals surface area contributed by atoms with E-state index in [1.165, 1.54) is 12.1 Å². The van der Waals surface area contributed by atoms with E-state index in [2.05, 4.69) is 5.32 Å². The molecule has 1 aliphatic heterocycles. The quantitative estimate of drug-likeness (QED) is 0.914. The van der Waals surface area contributed by atoms with Crippen LogP contribution in [0.5, 0.6) is 0 Å². The number of nitrogens with one attached hydrogen (secondary N) is 1. The second-order valence-corrected chi connectivity index (χ2v) is 4.16. The Labute approximate surface area is 111 Å². The topological polar surface area (TPSA) is 15.3 Å². The fourth-order valence-electron chi connectivity index (χ4n) is 2.16. The Bertz CT molecular complexity index is 363. The average molecular weight is 281 g/mol. The van der Waals surface area contributed by atoms with Crippen molar-refractivity contribution >= 4 is 12.4 Å². The Kier molecular flexibility index (Phi) is 5.91. The molecule has 0 amide bonds. The molecule has 1 aliphatic rings. The molecule has 0 unspecified atom stereocenters. The number of hydrogen-bond donors (Lipinski definition) is 1. The summed E-state index contributed by atoms with van der Waals surface area (Å²) in [6.07, 6.45) is 0. The maximum Gasteiger partial charge on any atom is 0.126 e. The minimum atomic E-state index is -0.659. The van der Waals surface area contributed by atoms with Crippen molar-refractivity contribution in [3.63, 3.8) is 0 Å². The second-order valence-electron chi connectivity index (χ2n) is 4.16. The molecular formula is C12H16ClF3N2. The van der Waals surface area contributed by atoms with Crippen molar-refractivity contribution in [1.29, 1.82) is 0 Å². The SMILES string of the molecule is Cl.FC[C@@H](c1cc(F)cc(F)c1)N1CCNCC1. The summed E-state index contributed by atoms with van der Waals surface area (Å²) in [5, 5.41) is 3.16. The molecule has 0 saturated carbocycles. The predicted molar refractivity (Wildman–Crippen MR) is 66.8 cm³/mol. The molecule has 1 fully saturated rings. The van der Waals surface area contributed by atoms with Gasteiger partial charge in [-0.1, -0.05) is 0 Å². The van der Waals surface area contributed by atoms with Crippen LogP contribution in [0.25, 0.3) is 0 Å². The van der Waals surface area contributed by atoms with Crippen LogP contribution in [-0.2, 0) is 0 Å². The first-order chi connectivity index (χ1) is 8.20. The molecule has 1 saturated heterocycles. The molecule has 1 aromatic carbocycles. The zero-order chi connectivity index (χ0) is 12.3. The second kappa shape index (κ2) is 6.97. The molecule has 1 heterocycles. The van der Waals surface area contributed by atoms with E-state index in [1.807, 2.05) is 4.90 Å². The smallest absolute Gasteiger partial charge is 0.126 e. The molecule has 1 atom stereocenters. The van der Waals surface area contributed by atoms with E-state index in [0.29, 0.717) is 18.7 Å². The number of rotatable bonds is 3. The first-order valence-electron chi connectivity index (χ1n) is 5.67. The maximum atomic E-state index is 13.1. The van der Waals surface area contributed by atoms with Gasteiger partial charge in [-0.2, -0.15) is 0 Å². The molecule has 0 bridgehead atoms. The van der Waals surface area contributed by atoms with E-state index in [0.717, 1.165) is 19.2 Å². The fourth-order valence-corrected chi connectivity index (χ4v) is 2.16. The predicted octanol–water partition coefficient (Wildman–Crippen LogP) is 2.30. The molecule has 2 nitrogen and oxygen atoms in total. The molecule has 1 N–H and O–H groups in total. The van der Waals surface area contributed by atoms with Crippen LogP contribution >= 0.6 is 12.4 Å². The van der Waals surface area contributed by atoms with Crippen LogP contribution in [-0.4, -0.2) is 37.8 Å². The zero-order valence-corrected chi connectivity index (χ0v) is 10.7. The van der Waals surface area contributed by atoms with Gasteiger partial charge in [0.1, 0.15) is 18.3 Å². The summed E-state index contributed by atoms with van der Waals surface area (Å²) in [4.78, 5) is 1.91. The average Bonchev–Trinajstić information content (AvgIpc) is 2.30. The van der Waals surface area contributed by atoms with Gasteiger partial charge in [0.25, 0.3) is 0 Å². The number of piperazine rings is 1. The van der Waals surface area contributed by atoms with Crippen molar-refractivity contribution < 1.29 is 13.2 Å². The standard InChI is InChI=1S/C12H15F3N2.ClH/c13-8-12(17-3-1-16-2-4-17)9-5-10(14)7-11(15)6-9;/h5-7,12,16H,1-4,8H2;1H/t12-;/m0./s1. The van der Waals surface area contributed by atoms with Crippen LogP contribution < -0.4 is 5.32 Å². The lowest BCUT2D eigenvalue weighted by molar-refractivity contribution is 0.147. The Morgan fingerprint density at radius 1 is 1.11 bits per heavy atom. The summed E-state index contributed by atoms with van der Waals surface area (Å²) in [5.74, 6) is -1.32. The summed E-state index contributed by atoms with van der Waals surface area (Å²) in [6.45, 7) is 2.28. The third kappa shape index (κ3) is 3.60. The highest BCUT2D eigenvalue weighted by molar-refractivity contribution is 5.85. The van der Waals surface area contributed by atoms with E-state index < -0.39 is 24.4 Å². The molecule has 1 aromatic rings. The Hall–Kier alpha value is -0.780. The van der Waals surface area contributed by atoms with Crippen molar-refractivity contribution in [3.8, 4) is 0 Å². The monoisotopic (exact) mass is 280 g/mol. The minimum absolute atomic E-state index is 0. The summed E-state index contributed by atoms with van der Waals surface area (Å²) in [6, 6.07) is 2.66. The fraction of sp³-hybridized carbons (Fsp3) is 0.500. The highest BCUT2D eigenvalue weighted by Crippen LogP contribution is 2.23. The summed E-state index contributed by atoms with van der Waals surface area (Å²) >= 11 is 0. The molecule has 0 spiro atoms. The number of alkyl halides is 1. The van der Waals surface area contributed by atoms with Crippen LogP contribution in [0.4, 0.5) is 13.2 Å². The van der Waals surface area contributed by atoms with E-state index in [-0.39, 0.29) is 12.4 Å². The lowest BCUT2D eigenvalue weighted by Crippen LogP contribution is -2.45. The van der Waals surface area contributed by atoms with Gasteiger partial charge in [0.05, 0.1) is 6.04 Å². The van der Waals surface area contributed by atoms with Gasteiger partial charge in [0.2, 0.25) is 0 Å². The largest absolute Gasteiger partial charge is 0.314 e. The summed E-state index contributed by atoms with van der Waals surface area (Å²) in [5.41, 5.74) is 0.368. The number of halogens is 4. The normalized spacial score (nSPS) is 18.2. The first kappa shape index (κ1) is 15.3. The van der Waals surface area contributed by atoms with Gasteiger partial charge < -0.3 is 5.32 Å². The Morgan fingerprint density at radius 2 is 1.67 bits per heavy atom. The van der Waals surface area contributed by atoms with Gasteiger partial charge >= 0.3 is 0 Å². The van der Waals surface area contributed by atoms with E-state index >= 15 is 0 Å². The van der Waals surface area contributed by atoms with Gasteiger partial charge in [-0.25, -0.2) is 13.2 Å². The van der Waals surface area contributed by atoms with Crippen molar-refractivity contribution in [1.82, 2.24) is 10.2 Å². The van der Waals surface area contributed by atoms with Gasteiger partial charge in [0.15, 0.2) is 0 Å². The maximum absolute atomic E-state index is 13.1. The first-order valence-corrected chi connectivity index (χ1v) is 5.67. The van der Waals surface area contributed by atoms with Gasteiger partial charge in [-0.3, -0.25) is 4.90 Å². The molecule has 2 rings (SSSR count). The molecule has 18 heavy (non-hydrogen) atoms. The summed E-state index contributed by atoms with van der Waals surface area (Å²) in [7, 11) is 0. The number of nitrogens with zero attached hydrogens (tertiary/aromatic N) is 1. The highest BCUT2D eigenvalue weighted by Gasteiger charge is 2.22.